The first kappa shape index (κ1) is 48.8. The molecule has 62 heavy (non-hydrogen) atoms. The zero-order chi connectivity index (χ0) is 45.5. The van der Waals surface area contributed by atoms with Gasteiger partial charge in [0.25, 0.3) is 0 Å². The van der Waals surface area contributed by atoms with Crippen molar-refractivity contribution in [2.75, 3.05) is 23.1 Å². The number of anilines is 5. The lowest BCUT2D eigenvalue weighted by atomic mass is 9.82. The summed E-state index contributed by atoms with van der Waals surface area (Å²) in [4.78, 5) is 12.6. The van der Waals surface area contributed by atoms with Crippen LogP contribution < -0.4 is 16.0 Å². The summed E-state index contributed by atoms with van der Waals surface area (Å²) in [5.41, 5.74) is 17.1. The molecule has 2 unspecified atom stereocenters. The zero-order valence-corrected chi connectivity index (χ0v) is 39.4. The molecule has 6 aromatic carbocycles. The number of fused-ring (bicyclic) bond motifs is 1. The average Bonchev–Trinajstić information content (AvgIpc) is 3.28. The van der Waals surface area contributed by atoms with Gasteiger partial charge in [0.2, 0.25) is 0 Å². The molecule has 6 heteroatoms. The van der Waals surface area contributed by atoms with Crippen molar-refractivity contribution in [3.05, 3.63) is 171 Å². The van der Waals surface area contributed by atoms with Crippen LogP contribution in [0, 0.1) is 41.5 Å². The predicted octanol–water partition coefficient (Wildman–Crippen LogP) is 14.9. The van der Waals surface area contributed by atoms with Gasteiger partial charge in [-0.05, 0) is 142 Å². The van der Waals surface area contributed by atoms with Crippen molar-refractivity contribution in [3.63, 3.8) is 0 Å². The molecule has 1 saturated carbocycles. The number of hydrogen-bond donors (Lipinski definition) is 4. The average molecular weight is 834 g/mol. The molecule has 0 spiro atoms. The van der Waals surface area contributed by atoms with Gasteiger partial charge in [0.15, 0.2) is 0 Å². The molecule has 6 nitrogen and oxygen atoms in total. The summed E-state index contributed by atoms with van der Waals surface area (Å²) in [6.45, 7) is 26.5. The van der Waals surface area contributed by atoms with E-state index in [-0.39, 0.29) is 24.0 Å². The highest BCUT2D eigenvalue weighted by Crippen LogP contribution is 2.41. The van der Waals surface area contributed by atoms with Crippen LogP contribution >= 0.6 is 0 Å². The summed E-state index contributed by atoms with van der Waals surface area (Å²) in [6.07, 6.45) is 3.73. The van der Waals surface area contributed by atoms with Crippen LogP contribution in [0.5, 0.6) is 0 Å². The van der Waals surface area contributed by atoms with E-state index in [1.165, 1.54) is 55.5 Å². The molecule has 0 bridgehead atoms. The van der Waals surface area contributed by atoms with Crippen LogP contribution in [0.25, 0.3) is 10.8 Å². The van der Waals surface area contributed by atoms with Crippen LogP contribution in [0.1, 0.15) is 116 Å². The van der Waals surface area contributed by atoms with Gasteiger partial charge in [0.1, 0.15) is 6.10 Å². The molecule has 1 fully saturated rings. The molecule has 0 aromatic heterocycles. The number of carbonyl (C=O) groups excluding carboxylic acids is 1. The Labute approximate surface area is 372 Å². The second kappa shape index (κ2) is 23.4. The number of hydrogen-bond acceptors (Lipinski definition) is 6. The highest BCUT2D eigenvalue weighted by molar-refractivity contribution is 5.97. The predicted molar refractivity (Wildman–Crippen MR) is 267 cm³/mol. The Bertz CT molecular complexity index is 2250. The van der Waals surface area contributed by atoms with Crippen molar-refractivity contribution < 1.29 is 14.6 Å². The molecule has 7 rings (SSSR count). The van der Waals surface area contributed by atoms with Crippen molar-refractivity contribution in [2.24, 2.45) is 0 Å². The number of benzene rings is 6. The summed E-state index contributed by atoms with van der Waals surface area (Å²) in [7, 11) is 1.00. The molecule has 1 aliphatic rings. The van der Waals surface area contributed by atoms with E-state index in [1.807, 2.05) is 27.7 Å². The molecule has 4 N–H and O–H groups in total. The number of aliphatic hydroxyl groups is 1. The van der Waals surface area contributed by atoms with Crippen LogP contribution in [0.2, 0.25) is 0 Å². The monoisotopic (exact) mass is 834 g/mol. The maximum atomic E-state index is 12.6. The van der Waals surface area contributed by atoms with Crippen LogP contribution in [-0.4, -0.2) is 30.3 Å². The third-order valence-electron chi connectivity index (χ3n) is 11.3. The van der Waals surface area contributed by atoms with E-state index >= 15 is 0 Å². The smallest absolute Gasteiger partial charge is 0.333 e. The second-order valence-corrected chi connectivity index (χ2v) is 16.0. The van der Waals surface area contributed by atoms with Gasteiger partial charge in [-0.2, -0.15) is 0 Å². The fourth-order valence-electron chi connectivity index (χ4n) is 8.65. The number of aryl methyl sites for hydroxylation is 6. The summed E-state index contributed by atoms with van der Waals surface area (Å²) in [5, 5.41) is 20.6. The Morgan fingerprint density at radius 1 is 0.629 bits per heavy atom. The van der Waals surface area contributed by atoms with Gasteiger partial charge in [0, 0.05) is 52.4 Å². The molecular formula is C56H71N3O3. The second-order valence-electron chi connectivity index (χ2n) is 16.0. The third-order valence-corrected chi connectivity index (χ3v) is 11.3. The third kappa shape index (κ3) is 11.9. The van der Waals surface area contributed by atoms with E-state index in [0.29, 0.717) is 5.57 Å². The molecule has 6 aromatic rings. The lowest BCUT2D eigenvalue weighted by Crippen LogP contribution is -2.40. The number of ether oxygens (including phenoxy) is 1. The lowest BCUT2D eigenvalue weighted by Gasteiger charge is -2.33. The summed E-state index contributed by atoms with van der Waals surface area (Å²) < 4.78 is 5.95. The first-order valence-corrected chi connectivity index (χ1v) is 22.4. The quantitative estimate of drug-likeness (QED) is 0.0591. The van der Waals surface area contributed by atoms with E-state index in [4.69, 9.17) is 9.84 Å². The van der Waals surface area contributed by atoms with Gasteiger partial charge in [-0.15, -0.1) is 0 Å². The minimum Gasteiger partial charge on any atom is -0.457 e. The Hall–Kier alpha value is -5.85. The van der Waals surface area contributed by atoms with Crippen molar-refractivity contribution in [3.8, 4) is 0 Å². The van der Waals surface area contributed by atoms with Crippen molar-refractivity contribution >= 4 is 45.2 Å². The van der Waals surface area contributed by atoms with Gasteiger partial charge in [-0.3, -0.25) is 0 Å². The molecule has 0 heterocycles. The van der Waals surface area contributed by atoms with Crippen LogP contribution in [0.4, 0.5) is 28.4 Å². The van der Waals surface area contributed by atoms with Crippen molar-refractivity contribution in [2.45, 2.75) is 120 Å². The van der Waals surface area contributed by atoms with Crippen LogP contribution in [-0.2, 0) is 9.53 Å². The SMILES string of the molecule is C=C(C)C(=O)OC1CCCCC1Nc1ccc(C(c2ccc(Nc3c(C)cc(C)cc3C)cc2)c2ccc(Nc3c(C)cc(C)cc3C)cc2)c2ccccc12.CC.CC.CO. The number of esters is 1. The Kier molecular flexibility index (Phi) is 18.4. The van der Waals surface area contributed by atoms with E-state index < -0.39 is 0 Å². The van der Waals surface area contributed by atoms with Gasteiger partial charge in [0.05, 0.1) is 6.04 Å². The fraction of sp³-hybridized carbons (Fsp3) is 0.339. The Morgan fingerprint density at radius 2 is 1.06 bits per heavy atom. The maximum Gasteiger partial charge on any atom is 0.333 e. The number of nitrogens with one attached hydrogen (secondary N) is 3. The topological polar surface area (TPSA) is 82.6 Å². The maximum absolute atomic E-state index is 12.6. The minimum absolute atomic E-state index is 0.0262. The van der Waals surface area contributed by atoms with E-state index in [1.54, 1.807) is 6.92 Å². The van der Waals surface area contributed by atoms with Crippen LogP contribution in [0.15, 0.2) is 121 Å². The molecule has 328 valence electrons. The van der Waals surface area contributed by atoms with E-state index in [2.05, 4.69) is 173 Å². The fourth-order valence-corrected chi connectivity index (χ4v) is 8.65. The van der Waals surface area contributed by atoms with Gasteiger partial charge in [-0.1, -0.05) is 131 Å². The number of carbonyl (C=O) groups is 1. The highest BCUT2D eigenvalue weighted by atomic mass is 16.5. The molecule has 0 aliphatic heterocycles. The first-order chi connectivity index (χ1) is 29.9. The molecular weight excluding hydrogens is 763 g/mol. The summed E-state index contributed by atoms with van der Waals surface area (Å²) >= 11 is 0. The van der Waals surface area contributed by atoms with Crippen LogP contribution in [0.3, 0.4) is 0 Å². The standard InChI is InChI=1S/C51H55N3O2.2C2H6.CH4O/c1-31(2)51(55)56-47-16-12-11-15-46(47)54-45-26-25-44(42-13-9-10-14-43(42)45)48(38-17-21-40(22-18-38)52-49-34(5)27-32(3)28-35(49)6)39-19-23-41(24-20-39)53-50-36(7)29-33(4)30-37(50)8;3*1-2/h9-10,13-14,17-30,46-48,52-54H,1,11-12,15-16H2,2-8H3;2*1-2H3;2H,1H3. The summed E-state index contributed by atoms with van der Waals surface area (Å²) in [6, 6.07) is 40.0. The molecule has 0 amide bonds. The van der Waals surface area contributed by atoms with E-state index in [9.17, 15) is 4.79 Å². The zero-order valence-electron chi connectivity index (χ0n) is 39.4. The normalized spacial score (nSPS) is 14.2. The number of aliphatic hydroxyl groups excluding tert-OH is 1. The van der Waals surface area contributed by atoms with Crippen molar-refractivity contribution in [1.82, 2.24) is 0 Å². The summed E-state index contributed by atoms with van der Waals surface area (Å²) in [5.74, 6) is -0.343. The first-order valence-electron chi connectivity index (χ1n) is 22.4. The lowest BCUT2D eigenvalue weighted by molar-refractivity contribution is -0.146. The molecule has 0 saturated heterocycles. The molecule has 0 radical (unpaired) electrons. The molecule has 1 aliphatic carbocycles. The van der Waals surface area contributed by atoms with E-state index in [0.717, 1.165) is 66.6 Å². The Balaban J connectivity index is 0.00000135. The minimum atomic E-state index is -0.317. The highest BCUT2D eigenvalue weighted by Gasteiger charge is 2.29. The molecule has 2 atom stereocenters. The largest absolute Gasteiger partial charge is 0.457 e. The number of rotatable bonds is 11. The van der Waals surface area contributed by atoms with Gasteiger partial charge < -0.3 is 25.8 Å². The van der Waals surface area contributed by atoms with Crippen molar-refractivity contribution in [1.29, 1.82) is 0 Å². The van der Waals surface area contributed by atoms with Gasteiger partial charge >= 0.3 is 5.97 Å². The van der Waals surface area contributed by atoms with Gasteiger partial charge in [-0.25, -0.2) is 4.79 Å². The Morgan fingerprint density at radius 3 is 1.52 bits per heavy atom.